The van der Waals surface area contributed by atoms with Crippen molar-refractivity contribution in [3.63, 3.8) is 0 Å². The van der Waals surface area contributed by atoms with Crippen LogP contribution >= 0.6 is 11.8 Å². The molecule has 1 rings (SSSR count). The highest BCUT2D eigenvalue weighted by Crippen LogP contribution is 2.12. The molecule has 0 spiro atoms. The summed E-state index contributed by atoms with van der Waals surface area (Å²) in [6.45, 7) is 4.05. The monoisotopic (exact) mass is 185 g/mol. The lowest BCUT2D eigenvalue weighted by Crippen LogP contribution is -2.17. The van der Waals surface area contributed by atoms with Gasteiger partial charge >= 0.3 is 0 Å². The summed E-state index contributed by atoms with van der Waals surface area (Å²) >= 11 is 1.83. The van der Waals surface area contributed by atoms with Crippen LogP contribution in [0.3, 0.4) is 0 Å². The van der Waals surface area contributed by atoms with Gasteiger partial charge in [-0.2, -0.15) is 11.8 Å². The molecule has 3 nitrogen and oxygen atoms in total. The minimum Gasteiger partial charge on any atom is -0.348 e. The highest BCUT2D eigenvalue weighted by atomic mass is 32.2. The first-order chi connectivity index (χ1) is 5.70. The molecule has 0 aromatic carbocycles. The minimum atomic E-state index is 0.272. The molecule has 1 heterocycles. The molecule has 0 saturated heterocycles. The standard InChI is InChI=1S/C8H15N3S/c1-6(9)3-12-4-8-7(2)10-5-11-8/h5-6H,3-4,9H2,1-2H3,(H,10,11)/t6-/m1/s1. The van der Waals surface area contributed by atoms with Crippen molar-refractivity contribution >= 4 is 11.8 Å². The Morgan fingerprint density at radius 2 is 2.50 bits per heavy atom. The van der Waals surface area contributed by atoms with Crippen molar-refractivity contribution in [2.75, 3.05) is 5.75 Å². The quantitative estimate of drug-likeness (QED) is 0.743. The van der Waals surface area contributed by atoms with Gasteiger partial charge in [0, 0.05) is 23.2 Å². The summed E-state index contributed by atoms with van der Waals surface area (Å²) in [5.41, 5.74) is 7.92. The predicted molar refractivity (Wildman–Crippen MR) is 53.1 cm³/mol. The van der Waals surface area contributed by atoms with Gasteiger partial charge in [-0.1, -0.05) is 0 Å². The number of aromatic nitrogens is 2. The Hall–Kier alpha value is -0.480. The first kappa shape index (κ1) is 9.61. The molecule has 1 atom stereocenters. The molecule has 0 fully saturated rings. The molecule has 4 heteroatoms. The second-order valence-electron chi connectivity index (χ2n) is 2.97. The van der Waals surface area contributed by atoms with E-state index in [1.807, 2.05) is 25.6 Å². The zero-order chi connectivity index (χ0) is 8.97. The Morgan fingerprint density at radius 3 is 3.00 bits per heavy atom. The van der Waals surface area contributed by atoms with Gasteiger partial charge in [0.15, 0.2) is 0 Å². The van der Waals surface area contributed by atoms with Crippen LogP contribution in [0, 0.1) is 6.92 Å². The Bertz CT molecular complexity index is 232. The topological polar surface area (TPSA) is 54.7 Å². The lowest BCUT2D eigenvalue weighted by molar-refractivity contribution is 0.847. The molecule has 0 amide bonds. The lowest BCUT2D eigenvalue weighted by atomic mass is 10.4. The van der Waals surface area contributed by atoms with Crippen LogP contribution in [0.15, 0.2) is 6.33 Å². The van der Waals surface area contributed by atoms with Crippen molar-refractivity contribution < 1.29 is 0 Å². The minimum absolute atomic E-state index is 0.272. The molecule has 1 aromatic heterocycles. The van der Waals surface area contributed by atoms with Gasteiger partial charge in [-0.25, -0.2) is 4.98 Å². The van der Waals surface area contributed by atoms with Gasteiger partial charge in [-0.3, -0.25) is 0 Å². The molecule has 0 saturated carbocycles. The average molecular weight is 185 g/mol. The molecule has 0 unspecified atom stereocenters. The smallest absolute Gasteiger partial charge is 0.0925 e. The van der Waals surface area contributed by atoms with Gasteiger partial charge in [0.1, 0.15) is 0 Å². The zero-order valence-corrected chi connectivity index (χ0v) is 8.32. The van der Waals surface area contributed by atoms with E-state index in [1.165, 1.54) is 0 Å². The van der Waals surface area contributed by atoms with E-state index in [0.717, 1.165) is 22.9 Å². The SMILES string of the molecule is Cc1[nH]cnc1CSC[C@@H](C)N. The highest BCUT2D eigenvalue weighted by Gasteiger charge is 2.01. The number of thioether (sulfide) groups is 1. The Morgan fingerprint density at radius 1 is 1.75 bits per heavy atom. The van der Waals surface area contributed by atoms with Gasteiger partial charge in [0.25, 0.3) is 0 Å². The van der Waals surface area contributed by atoms with E-state index in [4.69, 9.17) is 5.73 Å². The van der Waals surface area contributed by atoms with Crippen LogP contribution in [0.25, 0.3) is 0 Å². The van der Waals surface area contributed by atoms with Crippen LogP contribution in [0.1, 0.15) is 18.3 Å². The molecule has 68 valence electrons. The van der Waals surface area contributed by atoms with E-state index in [-0.39, 0.29) is 6.04 Å². The van der Waals surface area contributed by atoms with Gasteiger partial charge in [-0.15, -0.1) is 0 Å². The Labute approximate surface area is 77.1 Å². The highest BCUT2D eigenvalue weighted by molar-refractivity contribution is 7.98. The van der Waals surface area contributed by atoms with Crippen molar-refractivity contribution in [1.29, 1.82) is 0 Å². The van der Waals surface area contributed by atoms with Crippen molar-refractivity contribution in [2.24, 2.45) is 5.73 Å². The number of H-pyrrole nitrogens is 1. The number of rotatable bonds is 4. The van der Waals surface area contributed by atoms with Crippen molar-refractivity contribution in [3.8, 4) is 0 Å². The molecule has 0 bridgehead atoms. The van der Waals surface area contributed by atoms with Crippen molar-refractivity contribution in [2.45, 2.75) is 25.6 Å². The molecular weight excluding hydrogens is 170 g/mol. The number of nitrogens with zero attached hydrogens (tertiary/aromatic N) is 1. The molecule has 0 aliphatic rings. The molecule has 0 aliphatic carbocycles. The van der Waals surface area contributed by atoms with E-state index in [0.29, 0.717) is 0 Å². The predicted octanol–water partition coefficient (Wildman–Crippen LogP) is 1.30. The summed E-state index contributed by atoms with van der Waals surface area (Å²) in [7, 11) is 0. The second kappa shape index (κ2) is 4.52. The third-order valence-electron chi connectivity index (χ3n) is 1.55. The maximum absolute atomic E-state index is 5.62. The largest absolute Gasteiger partial charge is 0.348 e. The van der Waals surface area contributed by atoms with Gasteiger partial charge < -0.3 is 10.7 Å². The molecule has 1 aromatic rings. The fraction of sp³-hybridized carbons (Fsp3) is 0.625. The normalized spacial score (nSPS) is 13.2. The fourth-order valence-electron chi connectivity index (χ4n) is 0.874. The first-order valence-corrected chi connectivity index (χ1v) is 5.18. The summed E-state index contributed by atoms with van der Waals surface area (Å²) in [5, 5.41) is 0. The number of aryl methyl sites for hydroxylation is 1. The van der Waals surface area contributed by atoms with Gasteiger partial charge in [-0.05, 0) is 13.8 Å². The van der Waals surface area contributed by atoms with Crippen LogP contribution in [0.2, 0.25) is 0 Å². The fourth-order valence-corrected chi connectivity index (χ4v) is 1.85. The van der Waals surface area contributed by atoms with E-state index >= 15 is 0 Å². The van der Waals surface area contributed by atoms with Crippen LogP contribution in [0.5, 0.6) is 0 Å². The van der Waals surface area contributed by atoms with E-state index in [1.54, 1.807) is 6.33 Å². The molecule has 0 radical (unpaired) electrons. The third kappa shape index (κ3) is 2.87. The van der Waals surface area contributed by atoms with Gasteiger partial charge in [0.05, 0.1) is 12.0 Å². The molecular formula is C8H15N3S. The Kier molecular flexibility index (Phi) is 3.62. The van der Waals surface area contributed by atoms with E-state index < -0.39 is 0 Å². The maximum atomic E-state index is 5.62. The first-order valence-electron chi connectivity index (χ1n) is 4.02. The summed E-state index contributed by atoms with van der Waals surface area (Å²) < 4.78 is 0. The van der Waals surface area contributed by atoms with Crippen molar-refractivity contribution in [3.05, 3.63) is 17.7 Å². The van der Waals surface area contributed by atoms with Gasteiger partial charge in [0.2, 0.25) is 0 Å². The summed E-state index contributed by atoms with van der Waals surface area (Å²) in [4.78, 5) is 7.25. The third-order valence-corrected chi connectivity index (χ3v) is 2.79. The van der Waals surface area contributed by atoms with E-state index in [9.17, 15) is 0 Å². The number of hydrogen-bond donors (Lipinski definition) is 2. The summed E-state index contributed by atoms with van der Waals surface area (Å²) in [6.07, 6.45) is 1.73. The van der Waals surface area contributed by atoms with Crippen LogP contribution in [0.4, 0.5) is 0 Å². The summed E-state index contributed by atoms with van der Waals surface area (Å²) in [6, 6.07) is 0.272. The molecule has 3 N–H and O–H groups in total. The second-order valence-corrected chi connectivity index (χ2v) is 4.00. The van der Waals surface area contributed by atoms with Crippen LogP contribution in [-0.4, -0.2) is 21.8 Å². The zero-order valence-electron chi connectivity index (χ0n) is 7.50. The number of hydrogen-bond acceptors (Lipinski definition) is 3. The summed E-state index contributed by atoms with van der Waals surface area (Å²) in [5.74, 6) is 1.95. The number of aromatic amines is 1. The maximum Gasteiger partial charge on any atom is 0.0925 e. The Balaban J connectivity index is 2.29. The molecule has 0 aliphatic heterocycles. The van der Waals surface area contributed by atoms with E-state index in [2.05, 4.69) is 9.97 Å². The number of nitrogens with one attached hydrogen (secondary N) is 1. The molecule has 12 heavy (non-hydrogen) atoms. The van der Waals surface area contributed by atoms with Crippen LogP contribution in [-0.2, 0) is 5.75 Å². The van der Waals surface area contributed by atoms with Crippen LogP contribution < -0.4 is 5.73 Å². The number of nitrogens with two attached hydrogens (primary N) is 1. The lowest BCUT2D eigenvalue weighted by Gasteiger charge is -2.02. The average Bonchev–Trinajstić information content (AvgIpc) is 2.36. The number of imidazole rings is 1. The van der Waals surface area contributed by atoms with Crippen molar-refractivity contribution in [1.82, 2.24) is 9.97 Å².